The number of para-hydroxylation sites is 1. The molecule has 94 valence electrons. The van der Waals surface area contributed by atoms with Crippen LogP contribution in [-0.4, -0.2) is 15.2 Å². The third-order valence-electron chi connectivity index (χ3n) is 2.82. The first-order valence-corrected chi connectivity index (χ1v) is 5.79. The van der Waals surface area contributed by atoms with E-state index in [9.17, 15) is 10.2 Å². The van der Waals surface area contributed by atoms with E-state index in [0.717, 1.165) is 11.3 Å². The van der Waals surface area contributed by atoms with Crippen molar-refractivity contribution in [1.29, 1.82) is 0 Å². The van der Waals surface area contributed by atoms with Gasteiger partial charge in [-0.3, -0.25) is 4.98 Å². The van der Waals surface area contributed by atoms with Crippen molar-refractivity contribution in [3.8, 4) is 11.5 Å². The molecule has 0 unspecified atom stereocenters. The van der Waals surface area contributed by atoms with Crippen LogP contribution in [0.25, 0.3) is 0 Å². The fourth-order valence-corrected chi connectivity index (χ4v) is 1.74. The quantitative estimate of drug-likeness (QED) is 0.720. The molecule has 0 spiro atoms. The van der Waals surface area contributed by atoms with E-state index in [1.807, 2.05) is 19.1 Å². The molecule has 0 saturated heterocycles. The summed E-state index contributed by atoms with van der Waals surface area (Å²) in [6.45, 7) is 3.12. The Morgan fingerprint density at radius 1 is 1.11 bits per heavy atom. The summed E-state index contributed by atoms with van der Waals surface area (Å²) in [6, 6.07) is 8.85. The highest BCUT2D eigenvalue weighted by Gasteiger charge is 2.05. The van der Waals surface area contributed by atoms with Gasteiger partial charge in [-0.1, -0.05) is 18.2 Å². The summed E-state index contributed by atoms with van der Waals surface area (Å²) in [5.41, 5.74) is 2.78. The van der Waals surface area contributed by atoms with Crippen molar-refractivity contribution >= 4 is 0 Å². The van der Waals surface area contributed by atoms with E-state index in [1.54, 1.807) is 18.3 Å². The lowest BCUT2D eigenvalue weighted by Crippen LogP contribution is -2.14. The molecule has 18 heavy (non-hydrogen) atoms. The third kappa shape index (κ3) is 2.78. The molecule has 3 N–H and O–H groups in total. The summed E-state index contributed by atoms with van der Waals surface area (Å²) in [6.07, 6.45) is 1.76. The van der Waals surface area contributed by atoms with Crippen LogP contribution in [0.15, 0.2) is 36.5 Å². The maximum absolute atomic E-state index is 9.64. The van der Waals surface area contributed by atoms with Crippen LogP contribution in [0.1, 0.15) is 16.8 Å². The van der Waals surface area contributed by atoms with E-state index >= 15 is 0 Å². The molecule has 2 aromatic rings. The lowest BCUT2D eigenvalue weighted by atomic mass is 10.1. The zero-order valence-corrected chi connectivity index (χ0v) is 10.2. The second-order valence-electron chi connectivity index (χ2n) is 4.16. The highest BCUT2D eigenvalue weighted by atomic mass is 16.3. The Balaban J connectivity index is 1.97. The van der Waals surface area contributed by atoms with E-state index in [1.165, 1.54) is 6.07 Å². The summed E-state index contributed by atoms with van der Waals surface area (Å²) in [4.78, 5) is 4.28. The molecule has 0 amide bonds. The number of nitrogens with one attached hydrogen (secondary N) is 1. The predicted molar refractivity (Wildman–Crippen MR) is 69.3 cm³/mol. The fraction of sp³-hybridized carbons (Fsp3) is 0.214. The van der Waals surface area contributed by atoms with Crippen molar-refractivity contribution in [2.24, 2.45) is 0 Å². The smallest absolute Gasteiger partial charge is 0.161 e. The van der Waals surface area contributed by atoms with Gasteiger partial charge in [0, 0.05) is 24.8 Å². The summed E-state index contributed by atoms with van der Waals surface area (Å²) in [5.74, 6) is -0.161. The summed E-state index contributed by atoms with van der Waals surface area (Å²) in [5, 5.41) is 22.2. The Morgan fingerprint density at radius 2 is 1.94 bits per heavy atom. The largest absolute Gasteiger partial charge is 0.504 e. The minimum atomic E-state index is -0.0942. The number of aromatic nitrogens is 1. The number of aryl methyl sites for hydroxylation is 1. The van der Waals surface area contributed by atoms with Crippen molar-refractivity contribution in [2.75, 3.05) is 0 Å². The molecule has 0 aliphatic heterocycles. The molecular formula is C14H16N2O2. The maximum Gasteiger partial charge on any atom is 0.161 e. The molecule has 1 heterocycles. The summed E-state index contributed by atoms with van der Waals surface area (Å²) in [7, 11) is 0. The van der Waals surface area contributed by atoms with E-state index in [4.69, 9.17) is 0 Å². The van der Waals surface area contributed by atoms with Crippen molar-refractivity contribution < 1.29 is 10.2 Å². The first-order chi connectivity index (χ1) is 8.68. The topological polar surface area (TPSA) is 65.4 Å². The average molecular weight is 244 g/mol. The number of phenolic OH excluding ortho intramolecular Hbond substituents is 2. The van der Waals surface area contributed by atoms with Gasteiger partial charge in [0.25, 0.3) is 0 Å². The Bertz CT molecular complexity index is 541. The maximum atomic E-state index is 9.64. The third-order valence-corrected chi connectivity index (χ3v) is 2.82. The van der Waals surface area contributed by atoms with E-state index < -0.39 is 0 Å². The molecule has 0 saturated carbocycles. The first kappa shape index (κ1) is 12.4. The number of rotatable bonds is 4. The SMILES string of the molecule is Cc1cccnc1CNCc1cccc(O)c1O. The van der Waals surface area contributed by atoms with Gasteiger partial charge >= 0.3 is 0 Å². The van der Waals surface area contributed by atoms with Gasteiger partial charge in [-0.25, -0.2) is 0 Å². The lowest BCUT2D eigenvalue weighted by molar-refractivity contribution is 0.397. The predicted octanol–water partition coefficient (Wildman–Crippen LogP) is 2.09. The number of benzene rings is 1. The van der Waals surface area contributed by atoms with Crippen LogP contribution in [0.3, 0.4) is 0 Å². The Kier molecular flexibility index (Phi) is 3.79. The lowest BCUT2D eigenvalue weighted by Gasteiger charge is -2.08. The molecule has 2 rings (SSSR count). The molecule has 4 heteroatoms. The average Bonchev–Trinajstić information content (AvgIpc) is 2.37. The number of hydrogen-bond donors (Lipinski definition) is 3. The molecule has 0 atom stereocenters. The zero-order valence-electron chi connectivity index (χ0n) is 10.2. The van der Waals surface area contributed by atoms with Crippen molar-refractivity contribution in [3.63, 3.8) is 0 Å². The molecule has 1 aromatic carbocycles. The van der Waals surface area contributed by atoms with Crippen molar-refractivity contribution in [2.45, 2.75) is 20.0 Å². The van der Waals surface area contributed by atoms with Crippen LogP contribution in [0, 0.1) is 6.92 Å². The highest BCUT2D eigenvalue weighted by molar-refractivity contribution is 5.44. The van der Waals surface area contributed by atoms with Gasteiger partial charge in [-0.15, -0.1) is 0 Å². The molecule has 0 bridgehead atoms. The van der Waals surface area contributed by atoms with Crippen molar-refractivity contribution in [3.05, 3.63) is 53.3 Å². The second-order valence-corrected chi connectivity index (χ2v) is 4.16. The summed E-state index contributed by atoms with van der Waals surface area (Å²) >= 11 is 0. The van der Waals surface area contributed by atoms with E-state index in [0.29, 0.717) is 18.7 Å². The number of pyridine rings is 1. The van der Waals surface area contributed by atoms with Gasteiger partial charge in [0.1, 0.15) is 0 Å². The van der Waals surface area contributed by atoms with Gasteiger partial charge < -0.3 is 15.5 Å². The minimum absolute atomic E-state index is 0.0669. The Hall–Kier alpha value is -2.07. The van der Waals surface area contributed by atoms with Gasteiger partial charge in [0.05, 0.1) is 5.69 Å². The van der Waals surface area contributed by atoms with Crippen LogP contribution in [0.2, 0.25) is 0 Å². The number of phenols is 2. The van der Waals surface area contributed by atoms with Crippen LogP contribution < -0.4 is 5.32 Å². The normalized spacial score (nSPS) is 10.5. The number of hydrogen-bond acceptors (Lipinski definition) is 4. The van der Waals surface area contributed by atoms with Crippen LogP contribution in [-0.2, 0) is 13.1 Å². The molecule has 0 fully saturated rings. The zero-order chi connectivity index (χ0) is 13.0. The van der Waals surface area contributed by atoms with Gasteiger partial charge in [0.15, 0.2) is 11.5 Å². The standard InChI is InChI=1S/C14H16N2O2/c1-10-4-3-7-16-12(10)9-15-8-11-5-2-6-13(17)14(11)18/h2-7,15,17-18H,8-9H2,1H3. The van der Waals surface area contributed by atoms with Crippen LogP contribution >= 0.6 is 0 Å². The van der Waals surface area contributed by atoms with E-state index in [2.05, 4.69) is 10.3 Å². The van der Waals surface area contributed by atoms with Crippen molar-refractivity contribution in [1.82, 2.24) is 10.3 Å². The minimum Gasteiger partial charge on any atom is -0.504 e. The molecule has 0 aliphatic rings. The van der Waals surface area contributed by atoms with Crippen LogP contribution in [0.4, 0.5) is 0 Å². The number of nitrogens with zero attached hydrogens (tertiary/aromatic N) is 1. The van der Waals surface area contributed by atoms with E-state index in [-0.39, 0.29) is 11.5 Å². The molecule has 0 radical (unpaired) electrons. The van der Waals surface area contributed by atoms with Gasteiger partial charge in [0.2, 0.25) is 0 Å². The Morgan fingerprint density at radius 3 is 2.72 bits per heavy atom. The fourth-order valence-electron chi connectivity index (χ4n) is 1.74. The summed E-state index contributed by atoms with van der Waals surface area (Å²) < 4.78 is 0. The van der Waals surface area contributed by atoms with Crippen LogP contribution in [0.5, 0.6) is 11.5 Å². The van der Waals surface area contributed by atoms with Gasteiger partial charge in [-0.05, 0) is 24.6 Å². The molecule has 0 aliphatic carbocycles. The highest BCUT2D eigenvalue weighted by Crippen LogP contribution is 2.27. The molecular weight excluding hydrogens is 228 g/mol. The molecule has 1 aromatic heterocycles. The van der Waals surface area contributed by atoms with Gasteiger partial charge in [-0.2, -0.15) is 0 Å². The molecule has 4 nitrogen and oxygen atoms in total. The second kappa shape index (κ2) is 5.51. The Labute approximate surface area is 106 Å². The number of aromatic hydroxyl groups is 2. The monoisotopic (exact) mass is 244 g/mol. The first-order valence-electron chi connectivity index (χ1n) is 5.79.